The van der Waals surface area contributed by atoms with Crippen molar-refractivity contribution < 1.29 is 19.3 Å². The first-order valence-electron chi connectivity index (χ1n) is 9.10. The number of allylic oxidation sites excluding steroid dienone is 3. The van der Waals surface area contributed by atoms with Gasteiger partial charge in [-0.3, -0.25) is 0 Å². The third-order valence-corrected chi connectivity index (χ3v) is 5.00. The fourth-order valence-corrected chi connectivity index (χ4v) is 3.52. The molecule has 0 radical (unpaired) electrons. The van der Waals surface area contributed by atoms with Gasteiger partial charge in [-0.1, -0.05) is 36.4 Å². The summed E-state index contributed by atoms with van der Waals surface area (Å²) in [5.74, 6) is 2.75. The maximum Gasteiger partial charge on any atom is 0.161 e. The zero-order chi connectivity index (χ0) is 19.2. The van der Waals surface area contributed by atoms with Crippen molar-refractivity contribution >= 4 is 6.08 Å². The van der Waals surface area contributed by atoms with Crippen LogP contribution in [0.3, 0.4) is 0 Å². The predicted molar refractivity (Wildman–Crippen MR) is 108 cm³/mol. The van der Waals surface area contributed by atoms with Gasteiger partial charge in [-0.15, -0.1) is 0 Å². The molecule has 1 aliphatic rings. The zero-order valence-corrected chi connectivity index (χ0v) is 16.0. The third-order valence-electron chi connectivity index (χ3n) is 5.00. The van der Waals surface area contributed by atoms with E-state index in [1.165, 1.54) is 0 Å². The number of phenolic OH excluding ortho intramolecular Hbond substituents is 1. The molecule has 0 bridgehead atoms. The fraction of sp³-hybridized carbons (Fsp3) is 0.304. The molecule has 0 saturated heterocycles. The van der Waals surface area contributed by atoms with Crippen LogP contribution >= 0.6 is 0 Å². The Morgan fingerprint density at radius 2 is 1.70 bits per heavy atom. The first-order valence-corrected chi connectivity index (χ1v) is 9.10. The van der Waals surface area contributed by atoms with Crippen molar-refractivity contribution in [3.8, 4) is 23.0 Å². The lowest BCUT2D eigenvalue weighted by Gasteiger charge is -2.26. The summed E-state index contributed by atoms with van der Waals surface area (Å²) in [6.45, 7) is 0. The van der Waals surface area contributed by atoms with Gasteiger partial charge in [0.05, 0.1) is 21.3 Å². The van der Waals surface area contributed by atoms with E-state index in [2.05, 4.69) is 24.3 Å². The maximum absolute atomic E-state index is 9.86. The minimum atomic E-state index is 0.165. The van der Waals surface area contributed by atoms with E-state index in [0.29, 0.717) is 11.7 Å². The minimum absolute atomic E-state index is 0.165. The Kier molecular flexibility index (Phi) is 6.07. The Hall–Kier alpha value is -2.88. The lowest BCUT2D eigenvalue weighted by molar-refractivity contribution is 0.355. The van der Waals surface area contributed by atoms with Gasteiger partial charge in [-0.2, -0.15) is 0 Å². The highest BCUT2D eigenvalue weighted by Crippen LogP contribution is 2.38. The first-order chi connectivity index (χ1) is 13.2. The summed E-state index contributed by atoms with van der Waals surface area (Å²) in [5, 5.41) is 9.86. The van der Waals surface area contributed by atoms with E-state index in [1.54, 1.807) is 27.4 Å². The molecule has 2 unspecified atom stereocenters. The molecule has 1 N–H and O–H groups in total. The maximum atomic E-state index is 9.86. The summed E-state index contributed by atoms with van der Waals surface area (Å²) < 4.78 is 16.0. The number of ether oxygens (including phenoxy) is 3. The van der Waals surface area contributed by atoms with Crippen molar-refractivity contribution in [2.45, 2.75) is 18.8 Å². The largest absolute Gasteiger partial charge is 0.504 e. The van der Waals surface area contributed by atoms with Crippen molar-refractivity contribution in [1.82, 2.24) is 0 Å². The second kappa shape index (κ2) is 8.67. The van der Waals surface area contributed by atoms with Gasteiger partial charge in [0, 0.05) is 5.92 Å². The predicted octanol–water partition coefficient (Wildman–Crippen LogP) is 5.18. The molecule has 2 aromatic carbocycles. The quantitative estimate of drug-likeness (QED) is 0.716. The van der Waals surface area contributed by atoms with Gasteiger partial charge in [0.15, 0.2) is 23.0 Å². The van der Waals surface area contributed by atoms with Gasteiger partial charge < -0.3 is 19.3 Å². The van der Waals surface area contributed by atoms with Crippen LogP contribution in [0.15, 0.2) is 54.6 Å². The SMILES string of the molecule is COc1cc(C2C=CCCC2/C=C/c2ccc(OC)c(OC)c2)ccc1O. The van der Waals surface area contributed by atoms with E-state index >= 15 is 0 Å². The van der Waals surface area contributed by atoms with Crippen LogP contribution in [0.2, 0.25) is 0 Å². The van der Waals surface area contributed by atoms with Crippen LogP contribution in [-0.2, 0) is 0 Å². The van der Waals surface area contributed by atoms with Crippen molar-refractivity contribution in [2.24, 2.45) is 5.92 Å². The minimum Gasteiger partial charge on any atom is -0.504 e. The number of phenols is 1. The molecule has 0 amide bonds. The summed E-state index contributed by atoms with van der Waals surface area (Å²) in [6, 6.07) is 11.5. The number of aromatic hydroxyl groups is 1. The molecule has 4 nitrogen and oxygen atoms in total. The number of benzene rings is 2. The van der Waals surface area contributed by atoms with Gasteiger partial charge in [-0.05, 0) is 54.2 Å². The standard InChI is InChI=1S/C23H26O4/c1-25-21-13-9-16(14-23(21)27-3)8-10-17-6-4-5-7-19(17)18-11-12-20(24)22(15-18)26-2/h5,7-15,17,19,24H,4,6H2,1-3H3/b10-8+. The van der Waals surface area contributed by atoms with Crippen LogP contribution in [0.1, 0.15) is 29.9 Å². The highest BCUT2D eigenvalue weighted by molar-refractivity contribution is 5.56. The summed E-state index contributed by atoms with van der Waals surface area (Å²) in [6.07, 6.45) is 11.0. The van der Waals surface area contributed by atoms with E-state index < -0.39 is 0 Å². The van der Waals surface area contributed by atoms with E-state index in [9.17, 15) is 5.11 Å². The Morgan fingerprint density at radius 1 is 0.926 bits per heavy atom. The Bertz CT molecular complexity index is 838. The van der Waals surface area contributed by atoms with Crippen LogP contribution < -0.4 is 14.2 Å². The summed E-state index contributed by atoms with van der Waals surface area (Å²) in [4.78, 5) is 0. The van der Waals surface area contributed by atoms with Crippen molar-refractivity contribution in [3.05, 3.63) is 65.8 Å². The summed E-state index contributed by atoms with van der Waals surface area (Å²) >= 11 is 0. The van der Waals surface area contributed by atoms with Crippen molar-refractivity contribution in [3.63, 3.8) is 0 Å². The molecule has 27 heavy (non-hydrogen) atoms. The molecular weight excluding hydrogens is 340 g/mol. The lowest BCUT2D eigenvalue weighted by atomic mass is 9.79. The van der Waals surface area contributed by atoms with E-state index in [0.717, 1.165) is 35.5 Å². The topological polar surface area (TPSA) is 47.9 Å². The fourth-order valence-electron chi connectivity index (χ4n) is 3.52. The second-order valence-corrected chi connectivity index (χ2v) is 6.60. The molecule has 4 heteroatoms. The monoisotopic (exact) mass is 366 g/mol. The molecule has 0 fully saturated rings. The summed E-state index contributed by atoms with van der Waals surface area (Å²) in [7, 11) is 4.85. The van der Waals surface area contributed by atoms with Gasteiger partial charge in [0.2, 0.25) is 0 Å². The molecule has 0 aliphatic heterocycles. The molecule has 2 atom stereocenters. The third kappa shape index (κ3) is 4.27. The Balaban J connectivity index is 1.84. The Morgan fingerprint density at radius 3 is 2.44 bits per heavy atom. The number of hydrogen-bond donors (Lipinski definition) is 1. The lowest BCUT2D eigenvalue weighted by Crippen LogP contribution is -2.12. The van der Waals surface area contributed by atoms with Gasteiger partial charge in [0.25, 0.3) is 0 Å². The first kappa shape index (κ1) is 18.9. The molecule has 1 aliphatic carbocycles. The van der Waals surface area contributed by atoms with E-state index in [-0.39, 0.29) is 11.7 Å². The number of methoxy groups -OCH3 is 3. The second-order valence-electron chi connectivity index (χ2n) is 6.60. The van der Waals surface area contributed by atoms with Crippen LogP contribution in [-0.4, -0.2) is 26.4 Å². The molecule has 3 rings (SSSR count). The van der Waals surface area contributed by atoms with Crippen LogP contribution in [0.5, 0.6) is 23.0 Å². The van der Waals surface area contributed by atoms with Crippen LogP contribution in [0.25, 0.3) is 6.08 Å². The van der Waals surface area contributed by atoms with E-state index in [1.807, 2.05) is 30.3 Å². The number of rotatable bonds is 6. The molecule has 2 aromatic rings. The average molecular weight is 366 g/mol. The highest BCUT2D eigenvalue weighted by Gasteiger charge is 2.22. The molecule has 0 spiro atoms. The molecular formula is C23H26O4. The van der Waals surface area contributed by atoms with Crippen molar-refractivity contribution in [1.29, 1.82) is 0 Å². The summed E-state index contributed by atoms with van der Waals surface area (Å²) in [5.41, 5.74) is 2.21. The zero-order valence-electron chi connectivity index (χ0n) is 16.0. The Labute approximate surface area is 160 Å². The van der Waals surface area contributed by atoms with Gasteiger partial charge in [0.1, 0.15) is 0 Å². The van der Waals surface area contributed by atoms with Gasteiger partial charge >= 0.3 is 0 Å². The molecule has 0 aromatic heterocycles. The van der Waals surface area contributed by atoms with Crippen LogP contribution in [0.4, 0.5) is 0 Å². The molecule has 0 saturated carbocycles. The highest BCUT2D eigenvalue weighted by atomic mass is 16.5. The smallest absolute Gasteiger partial charge is 0.161 e. The van der Waals surface area contributed by atoms with Crippen LogP contribution in [0, 0.1) is 5.92 Å². The normalized spacial score (nSPS) is 19.2. The molecule has 0 heterocycles. The van der Waals surface area contributed by atoms with E-state index in [4.69, 9.17) is 14.2 Å². The van der Waals surface area contributed by atoms with Gasteiger partial charge in [-0.25, -0.2) is 0 Å². The molecule has 142 valence electrons. The van der Waals surface area contributed by atoms with Crippen molar-refractivity contribution in [2.75, 3.05) is 21.3 Å². The number of hydrogen-bond acceptors (Lipinski definition) is 4. The average Bonchev–Trinajstić information content (AvgIpc) is 2.72.